The zero-order chi connectivity index (χ0) is 19.1. The molecule has 1 aliphatic heterocycles. The van der Waals surface area contributed by atoms with E-state index in [4.69, 9.17) is 16.6 Å². The van der Waals surface area contributed by atoms with E-state index >= 15 is 0 Å². The highest BCUT2D eigenvalue weighted by Gasteiger charge is 2.18. The van der Waals surface area contributed by atoms with Gasteiger partial charge in [-0.05, 0) is 57.1 Å². The number of halogens is 1. The van der Waals surface area contributed by atoms with Crippen molar-refractivity contribution in [1.82, 2.24) is 34.4 Å². The maximum Gasteiger partial charge on any atom is 0.225 e. The molecule has 0 unspecified atom stereocenters. The van der Waals surface area contributed by atoms with Crippen molar-refractivity contribution in [1.29, 1.82) is 0 Å². The monoisotopic (exact) mass is 396 g/mol. The number of anilines is 1. The lowest BCUT2D eigenvalue weighted by Gasteiger charge is -2.28. The van der Waals surface area contributed by atoms with Gasteiger partial charge < -0.3 is 15.2 Å². The summed E-state index contributed by atoms with van der Waals surface area (Å²) >= 11 is 6.19. The Hall–Kier alpha value is -2.71. The van der Waals surface area contributed by atoms with Crippen molar-refractivity contribution in [2.45, 2.75) is 12.8 Å². The second-order valence-electron chi connectivity index (χ2n) is 7.33. The second-order valence-corrected chi connectivity index (χ2v) is 7.72. The number of fused-ring (bicyclic) bond motifs is 2. The van der Waals surface area contributed by atoms with Crippen LogP contribution in [-0.2, 0) is 0 Å². The topological polar surface area (TPSA) is 87.0 Å². The van der Waals surface area contributed by atoms with Crippen LogP contribution in [-0.4, -0.2) is 61.1 Å². The van der Waals surface area contributed by atoms with Gasteiger partial charge in [0.2, 0.25) is 5.95 Å². The molecule has 5 rings (SSSR count). The first-order chi connectivity index (χ1) is 13.7. The van der Waals surface area contributed by atoms with E-state index < -0.39 is 0 Å². The molecule has 28 heavy (non-hydrogen) atoms. The highest BCUT2D eigenvalue weighted by molar-refractivity contribution is 6.29. The largest absolute Gasteiger partial charge is 0.354 e. The molecule has 1 aliphatic rings. The van der Waals surface area contributed by atoms with E-state index in [0.29, 0.717) is 22.7 Å². The fourth-order valence-electron chi connectivity index (χ4n) is 3.69. The summed E-state index contributed by atoms with van der Waals surface area (Å²) in [6.07, 6.45) is 5.84. The summed E-state index contributed by atoms with van der Waals surface area (Å²) in [7, 11) is 2.18. The molecule has 4 aromatic rings. The summed E-state index contributed by atoms with van der Waals surface area (Å²) in [5.41, 5.74) is 2.98. The first-order valence-corrected chi connectivity index (χ1v) is 9.83. The molecule has 0 bridgehead atoms. The minimum absolute atomic E-state index is 0.469. The number of hydrogen-bond donors (Lipinski definition) is 2. The van der Waals surface area contributed by atoms with Gasteiger partial charge in [-0.25, -0.2) is 14.5 Å². The first-order valence-electron chi connectivity index (χ1n) is 9.45. The molecule has 1 saturated heterocycles. The zero-order valence-electron chi connectivity index (χ0n) is 15.6. The fraction of sp³-hybridized carbons (Fsp3) is 0.368. The number of piperidine rings is 1. The van der Waals surface area contributed by atoms with Crippen LogP contribution in [0.5, 0.6) is 0 Å². The van der Waals surface area contributed by atoms with E-state index in [1.165, 1.54) is 12.8 Å². The highest BCUT2D eigenvalue weighted by atomic mass is 35.5. The molecule has 2 N–H and O–H groups in total. The van der Waals surface area contributed by atoms with Gasteiger partial charge in [0.25, 0.3) is 0 Å². The fourth-order valence-corrected chi connectivity index (χ4v) is 3.86. The molecule has 5 heterocycles. The lowest BCUT2D eigenvalue weighted by molar-refractivity contribution is 0.226. The van der Waals surface area contributed by atoms with Gasteiger partial charge in [0.15, 0.2) is 10.8 Å². The van der Waals surface area contributed by atoms with Gasteiger partial charge in [-0.2, -0.15) is 10.1 Å². The number of rotatable bonds is 4. The van der Waals surface area contributed by atoms with Crippen molar-refractivity contribution >= 4 is 34.2 Å². The molecule has 1 fully saturated rings. The summed E-state index contributed by atoms with van der Waals surface area (Å²) in [5, 5.41) is 9.44. The van der Waals surface area contributed by atoms with E-state index in [2.05, 4.69) is 37.3 Å². The molecule has 0 saturated carbocycles. The van der Waals surface area contributed by atoms with Gasteiger partial charge in [0, 0.05) is 18.1 Å². The van der Waals surface area contributed by atoms with E-state index in [-0.39, 0.29) is 0 Å². The third kappa shape index (κ3) is 3.18. The molecule has 144 valence electrons. The Bertz CT molecular complexity index is 1130. The predicted molar refractivity (Wildman–Crippen MR) is 110 cm³/mol. The van der Waals surface area contributed by atoms with Crippen LogP contribution in [0.4, 0.5) is 5.95 Å². The molecule has 0 spiro atoms. The van der Waals surface area contributed by atoms with Gasteiger partial charge in [-0.15, -0.1) is 0 Å². The van der Waals surface area contributed by atoms with Crippen molar-refractivity contribution in [2.24, 2.45) is 5.92 Å². The third-order valence-electron chi connectivity index (χ3n) is 5.37. The van der Waals surface area contributed by atoms with Crippen molar-refractivity contribution in [2.75, 3.05) is 32.0 Å². The smallest absolute Gasteiger partial charge is 0.225 e. The molecule has 4 aromatic heterocycles. The molecule has 9 heteroatoms. The number of nitrogens with zero attached hydrogens (tertiary/aromatic N) is 6. The summed E-state index contributed by atoms with van der Waals surface area (Å²) in [5.74, 6) is 1.25. The number of likely N-dealkylation sites (tertiary alicyclic amines) is 1. The van der Waals surface area contributed by atoms with E-state index in [0.717, 1.165) is 42.1 Å². The van der Waals surface area contributed by atoms with Gasteiger partial charge in [0.05, 0.1) is 6.20 Å². The molecule has 8 nitrogen and oxygen atoms in total. The quantitative estimate of drug-likeness (QED) is 0.551. The third-order valence-corrected chi connectivity index (χ3v) is 5.62. The van der Waals surface area contributed by atoms with Gasteiger partial charge in [-0.1, -0.05) is 11.6 Å². The van der Waals surface area contributed by atoms with Crippen LogP contribution >= 0.6 is 11.6 Å². The van der Waals surface area contributed by atoms with Gasteiger partial charge in [0.1, 0.15) is 17.0 Å². The summed E-state index contributed by atoms with van der Waals surface area (Å²) in [6, 6.07) is 5.77. The number of hydrogen-bond acceptors (Lipinski definition) is 6. The summed E-state index contributed by atoms with van der Waals surface area (Å²) in [6.45, 7) is 3.16. The van der Waals surface area contributed by atoms with Gasteiger partial charge >= 0.3 is 0 Å². The van der Waals surface area contributed by atoms with Crippen LogP contribution in [0.3, 0.4) is 0 Å². The average Bonchev–Trinajstić information content (AvgIpc) is 3.33. The summed E-state index contributed by atoms with van der Waals surface area (Å²) in [4.78, 5) is 19.2. The van der Waals surface area contributed by atoms with Crippen LogP contribution in [0.1, 0.15) is 12.8 Å². The maximum atomic E-state index is 6.19. The molecule has 0 aliphatic carbocycles. The van der Waals surface area contributed by atoms with Crippen LogP contribution in [0.2, 0.25) is 5.15 Å². The Morgan fingerprint density at radius 3 is 2.93 bits per heavy atom. The number of aromatic nitrogens is 6. The number of imidazole rings is 1. The van der Waals surface area contributed by atoms with Gasteiger partial charge in [-0.3, -0.25) is 0 Å². The Morgan fingerprint density at radius 2 is 2.07 bits per heavy atom. The maximum absolute atomic E-state index is 6.19. The molecular formula is C19H21ClN8. The minimum Gasteiger partial charge on any atom is -0.354 e. The number of aromatic amines is 1. The van der Waals surface area contributed by atoms with Crippen molar-refractivity contribution in [3.8, 4) is 11.4 Å². The van der Waals surface area contributed by atoms with E-state index in [9.17, 15) is 0 Å². The Kier molecular flexibility index (Phi) is 4.37. The lowest BCUT2D eigenvalue weighted by Crippen LogP contribution is -2.33. The second kappa shape index (κ2) is 7.03. The molecule has 0 radical (unpaired) electrons. The zero-order valence-corrected chi connectivity index (χ0v) is 16.3. The highest BCUT2D eigenvalue weighted by Crippen LogP contribution is 2.26. The number of nitrogens with one attached hydrogen (secondary N) is 2. The van der Waals surface area contributed by atoms with Crippen molar-refractivity contribution in [3.05, 3.63) is 35.7 Å². The normalized spacial score (nSPS) is 16.2. The van der Waals surface area contributed by atoms with Crippen LogP contribution < -0.4 is 5.32 Å². The molecular weight excluding hydrogens is 376 g/mol. The predicted octanol–water partition coefficient (Wildman–Crippen LogP) is 3.07. The standard InChI is InChI=1S/C19H21ClN8/c1-27-8-5-12(6-9-27)10-23-19-24-17(13-4-7-21-18(13)25-19)14-2-3-16-22-11-15(20)28(16)26-14/h2-4,7,11-12H,5-6,8-10H2,1H3,(H2,21,23,24,25). The Labute approximate surface area is 167 Å². The first kappa shape index (κ1) is 17.4. The molecule has 0 aromatic carbocycles. The molecule has 0 amide bonds. The SMILES string of the molecule is CN1CCC(CNc2nc(-c3ccc4ncc(Cl)n4n3)c3cc[nH]c3n2)CC1. The Balaban J connectivity index is 1.47. The van der Waals surface area contributed by atoms with Crippen LogP contribution in [0, 0.1) is 5.92 Å². The van der Waals surface area contributed by atoms with Crippen LogP contribution in [0.25, 0.3) is 28.1 Å². The van der Waals surface area contributed by atoms with Crippen molar-refractivity contribution in [3.63, 3.8) is 0 Å². The van der Waals surface area contributed by atoms with Crippen LogP contribution in [0.15, 0.2) is 30.6 Å². The minimum atomic E-state index is 0.469. The summed E-state index contributed by atoms with van der Waals surface area (Å²) < 4.78 is 1.61. The van der Waals surface area contributed by atoms with Crippen molar-refractivity contribution < 1.29 is 0 Å². The Morgan fingerprint density at radius 1 is 1.21 bits per heavy atom. The molecule has 0 atom stereocenters. The van der Waals surface area contributed by atoms with E-state index in [1.54, 1.807) is 10.7 Å². The van der Waals surface area contributed by atoms with E-state index in [1.807, 2.05) is 24.4 Å². The lowest BCUT2D eigenvalue weighted by atomic mass is 9.97. The average molecular weight is 397 g/mol. The number of H-pyrrole nitrogens is 1.